The van der Waals surface area contributed by atoms with E-state index in [4.69, 9.17) is 33.2 Å². The standard InChI is InChI=1S/C20H16Cl2N4O3/c21-13-7-8-17(15(22)11-13)29-12-18(27)24-25-19-14-5-1-2-6-16(14)26(20(19)28)10-4-3-9-23/h1-2,5-8,11,28H,3-4,10,12H2. The molecule has 0 unspecified atom stereocenters. The number of hydrogen-bond acceptors (Lipinski definition) is 5. The maximum absolute atomic E-state index is 12.1. The summed E-state index contributed by atoms with van der Waals surface area (Å²) in [4.78, 5) is 12.1. The van der Waals surface area contributed by atoms with E-state index in [1.807, 2.05) is 12.1 Å². The summed E-state index contributed by atoms with van der Waals surface area (Å²) < 4.78 is 6.99. The number of rotatable bonds is 7. The lowest BCUT2D eigenvalue weighted by atomic mass is 10.2. The van der Waals surface area contributed by atoms with E-state index >= 15 is 0 Å². The van der Waals surface area contributed by atoms with Crippen LogP contribution in [-0.4, -0.2) is 22.2 Å². The summed E-state index contributed by atoms with van der Waals surface area (Å²) in [5.74, 6) is -0.448. The summed E-state index contributed by atoms with van der Waals surface area (Å²) in [5.41, 5.74) is 0.934. The molecule has 148 valence electrons. The van der Waals surface area contributed by atoms with E-state index in [-0.39, 0.29) is 23.2 Å². The molecule has 7 nitrogen and oxygen atoms in total. The molecule has 2 aromatic carbocycles. The minimum absolute atomic E-state index is 0.109. The van der Waals surface area contributed by atoms with Gasteiger partial charge in [-0.2, -0.15) is 5.26 Å². The fourth-order valence-electron chi connectivity index (χ4n) is 2.78. The molecule has 0 saturated carbocycles. The van der Waals surface area contributed by atoms with Gasteiger partial charge in [0.2, 0.25) is 5.88 Å². The summed E-state index contributed by atoms with van der Waals surface area (Å²) >= 11 is 11.8. The Kier molecular flexibility index (Phi) is 6.70. The van der Waals surface area contributed by atoms with Crippen molar-refractivity contribution in [1.29, 1.82) is 5.26 Å². The predicted octanol–water partition coefficient (Wildman–Crippen LogP) is 5.65. The maximum atomic E-state index is 12.1. The van der Waals surface area contributed by atoms with Crippen LogP contribution < -0.4 is 4.74 Å². The van der Waals surface area contributed by atoms with Crippen molar-refractivity contribution < 1.29 is 14.6 Å². The number of halogens is 2. The van der Waals surface area contributed by atoms with Gasteiger partial charge in [0.1, 0.15) is 5.75 Å². The van der Waals surface area contributed by atoms with Crippen LogP contribution in [-0.2, 0) is 11.3 Å². The van der Waals surface area contributed by atoms with Gasteiger partial charge >= 0.3 is 5.91 Å². The molecule has 0 fully saturated rings. The van der Waals surface area contributed by atoms with Crippen LogP contribution in [0.4, 0.5) is 5.69 Å². The molecule has 9 heteroatoms. The van der Waals surface area contributed by atoms with Crippen LogP contribution in [0.1, 0.15) is 12.8 Å². The number of nitrogens with zero attached hydrogens (tertiary/aromatic N) is 4. The molecule has 29 heavy (non-hydrogen) atoms. The zero-order chi connectivity index (χ0) is 20.8. The Bertz CT molecular complexity index is 1120. The molecular weight excluding hydrogens is 415 g/mol. The second-order valence-corrected chi connectivity index (χ2v) is 6.90. The molecule has 0 spiro atoms. The Labute approximate surface area is 176 Å². The Morgan fingerprint density at radius 3 is 2.79 bits per heavy atom. The number of aromatic hydroxyl groups is 1. The zero-order valence-corrected chi connectivity index (χ0v) is 16.7. The van der Waals surface area contributed by atoms with Crippen molar-refractivity contribution in [2.75, 3.05) is 6.61 Å². The van der Waals surface area contributed by atoms with Gasteiger partial charge < -0.3 is 14.4 Å². The Morgan fingerprint density at radius 2 is 2.03 bits per heavy atom. The fraction of sp³-hybridized carbons (Fsp3) is 0.200. The van der Waals surface area contributed by atoms with Crippen molar-refractivity contribution in [1.82, 2.24) is 4.57 Å². The molecular formula is C20H16Cl2N4O3. The van der Waals surface area contributed by atoms with Gasteiger partial charge in [0.15, 0.2) is 12.3 Å². The second kappa shape index (κ2) is 9.41. The first-order valence-corrected chi connectivity index (χ1v) is 9.46. The number of benzene rings is 2. The number of carbonyl (C=O) groups is 1. The van der Waals surface area contributed by atoms with E-state index in [0.717, 1.165) is 5.52 Å². The fourth-order valence-corrected chi connectivity index (χ4v) is 3.24. The number of aromatic nitrogens is 1. The average Bonchev–Trinajstić information content (AvgIpc) is 2.97. The summed E-state index contributed by atoms with van der Waals surface area (Å²) in [6, 6.07) is 14.0. The molecule has 0 aliphatic carbocycles. The number of carbonyl (C=O) groups excluding carboxylic acids is 1. The molecule has 0 radical (unpaired) electrons. The average molecular weight is 431 g/mol. The van der Waals surface area contributed by atoms with Crippen LogP contribution in [0.15, 0.2) is 52.7 Å². The first-order chi connectivity index (χ1) is 14.0. The van der Waals surface area contributed by atoms with Crippen LogP contribution in [0, 0.1) is 11.3 Å². The quantitative estimate of drug-likeness (QED) is 0.386. The molecule has 1 aromatic heterocycles. The SMILES string of the molecule is N#CCCCn1c(O)c(N=NC(=O)COc2ccc(Cl)cc2Cl)c2ccccc21. The molecule has 0 aliphatic heterocycles. The van der Waals surface area contributed by atoms with Gasteiger partial charge in [-0.05, 0) is 30.7 Å². The van der Waals surface area contributed by atoms with Gasteiger partial charge in [-0.1, -0.05) is 41.4 Å². The third kappa shape index (κ3) is 4.86. The van der Waals surface area contributed by atoms with Gasteiger partial charge in [0, 0.05) is 23.4 Å². The lowest BCUT2D eigenvalue weighted by Crippen LogP contribution is -2.08. The van der Waals surface area contributed by atoms with E-state index in [9.17, 15) is 9.90 Å². The van der Waals surface area contributed by atoms with Crippen LogP contribution in [0.3, 0.4) is 0 Å². The first-order valence-electron chi connectivity index (χ1n) is 8.71. The minimum atomic E-state index is -0.642. The molecule has 0 atom stereocenters. The number of amides is 1. The van der Waals surface area contributed by atoms with E-state index in [2.05, 4.69) is 16.3 Å². The summed E-state index contributed by atoms with van der Waals surface area (Å²) in [7, 11) is 0. The van der Waals surface area contributed by atoms with Gasteiger partial charge in [-0.15, -0.1) is 10.2 Å². The number of azo groups is 1. The van der Waals surface area contributed by atoms with E-state index in [0.29, 0.717) is 35.5 Å². The Balaban J connectivity index is 1.76. The summed E-state index contributed by atoms with van der Waals surface area (Å²) in [6.45, 7) is 0.0774. The smallest absolute Gasteiger partial charge is 0.302 e. The molecule has 0 aliphatic rings. The Hall–Kier alpha value is -3.08. The van der Waals surface area contributed by atoms with E-state index < -0.39 is 5.91 Å². The lowest BCUT2D eigenvalue weighted by Gasteiger charge is -2.05. The highest BCUT2D eigenvalue weighted by atomic mass is 35.5. The number of unbranched alkanes of at least 4 members (excludes halogenated alkanes) is 1. The second-order valence-electron chi connectivity index (χ2n) is 6.06. The molecule has 0 bridgehead atoms. The van der Waals surface area contributed by atoms with Crippen molar-refractivity contribution in [3.63, 3.8) is 0 Å². The third-order valence-corrected chi connectivity index (χ3v) is 4.62. The molecule has 1 N–H and O–H groups in total. The number of para-hydroxylation sites is 1. The largest absolute Gasteiger partial charge is 0.493 e. The topological polar surface area (TPSA) is 100.0 Å². The van der Waals surface area contributed by atoms with Crippen LogP contribution in [0.5, 0.6) is 11.6 Å². The normalized spacial score (nSPS) is 11.1. The van der Waals surface area contributed by atoms with Crippen LogP contribution >= 0.6 is 23.2 Å². The molecule has 0 saturated heterocycles. The van der Waals surface area contributed by atoms with Gasteiger partial charge in [0.25, 0.3) is 0 Å². The maximum Gasteiger partial charge on any atom is 0.302 e. The number of aryl methyl sites for hydroxylation is 1. The highest BCUT2D eigenvalue weighted by Crippen LogP contribution is 2.39. The van der Waals surface area contributed by atoms with Crippen LogP contribution in [0.2, 0.25) is 10.0 Å². The predicted molar refractivity (Wildman–Crippen MR) is 110 cm³/mol. The highest BCUT2D eigenvalue weighted by Gasteiger charge is 2.16. The number of hydrogen-bond donors (Lipinski definition) is 1. The number of nitriles is 1. The highest BCUT2D eigenvalue weighted by molar-refractivity contribution is 6.35. The van der Waals surface area contributed by atoms with Crippen molar-refractivity contribution in [3.8, 4) is 17.7 Å². The van der Waals surface area contributed by atoms with Gasteiger partial charge in [-0.3, -0.25) is 4.79 Å². The van der Waals surface area contributed by atoms with Crippen molar-refractivity contribution in [2.24, 2.45) is 10.2 Å². The number of fused-ring (bicyclic) bond motifs is 1. The third-order valence-electron chi connectivity index (χ3n) is 4.09. The molecule has 3 rings (SSSR count). The van der Waals surface area contributed by atoms with Crippen molar-refractivity contribution >= 4 is 45.7 Å². The van der Waals surface area contributed by atoms with Crippen molar-refractivity contribution in [3.05, 3.63) is 52.5 Å². The van der Waals surface area contributed by atoms with Crippen LogP contribution in [0.25, 0.3) is 10.9 Å². The molecule has 1 heterocycles. The number of ether oxygens (including phenoxy) is 1. The van der Waals surface area contributed by atoms with Crippen molar-refractivity contribution in [2.45, 2.75) is 19.4 Å². The summed E-state index contributed by atoms with van der Waals surface area (Å²) in [5, 5.41) is 28.2. The molecule has 3 aromatic rings. The van der Waals surface area contributed by atoms with E-state index in [1.165, 1.54) is 6.07 Å². The lowest BCUT2D eigenvalue weighted by molar-refractivity contribution is -0.120. The van der Waals surface area contributed by atoms with E-state index in [1.54, 1.807) is 28.8 Å². The van der Waals surface area contributed by atoms with Gasteiger partial charge in [0.05, 0.1) is 16.6 Å². The minimum Gasteiger partial charge on any atom is -0.493 e. The Morgan fingerprint density at radius 1 is 1.24 bits per heavy atom. The first kappa shape index (κ1) is 20.6. The monoisotopic (exact) mass is 430 g/mol. The molecule has 1 amide bonds. The summed E-state index contributed by atoms with van der Waals surface area (Å²) in [6.07, 6.45) is 0.944. The van der Waals surface area contributed by atoms with Gasteiger partial charge in [-0.25, -0.2) is 0 Å². The zero-order valence-electron chi connectivity index (χ0n) is 15.2.